The van der Waals surface area contributed by atoms with Gasteiger partial charge < -0.3 is 4.74 Å². The largest absolute Gasteiger partial charge is 0.454 e. The fraction of sp³-hybridized carbons (Fsp3) is 0. The Morgan fingerprint density at radius 1 is 0.870 bits per heavy atom. The molecule has 3 aromatic rings. The number of ether oxygens (including phenoxy) is 1. The van der Waals surface area contributed by atoms with Gasteiger partial charge in [0.25, 0.3) is 5.69 Å². The Morgan fingerprint density at radius 3 is 2.09 bits per heavy atom. The van der Waals surface area contributed by atoms with E-state index < -0.39 is 4.92 Å². The monoisotopic (exact) mass is 367 g/mol. The van der Waals surface area contributed by atoms with Crippen molar-refractivity contribution in [3.8, 4) is 11.5 Å². The second-order valence-corrected chi connectivity index (χ2v) is 5.91. The molecule has 23 heavy (non-hydrogen) atoms. The highest BCUT2D eigenvalue weighted by Gasteiger charge is 2.17. The van der Waals surface area contributed by atoms with Gasteiger partial charge in [0.15, 0.2) is 5.75 Å². The molecule has 4 nitrogen and oxygen atoms in total. The minimum atomic E-state index is -0.570. The first-order valence-electron chi connectivity index (χ1n) is 6.46. The predicted molar refractivity (Wildman–Crippen MR) is 92.1 cm³/mol. The van der Waals surface area contributed by atoms with E-state index in [4.69, 9.17) is 39.5 Å². The number of nitro groups is 1. The van der Waals surface area contributed by atoms with E-state index in [9.17, 15) is 10.1 Å². The third-order valence-electron chi connectivity index (χ3n) is 3.24. The van der Waals surface area contributed by atoms with Crippen LogP contribution < -0.4 is 4.74 Å². The molecule has 3 rings (SSSR count). The van der Waals surface area contributed by atoms with Gasteiger partial charge in [0.05, 0.1) is 15.0 Å². The van der Waals surface area contributed by atoms with Gasteiger partial charge in [0.1, 0.15) is 5.75 Å². The topological polar surface area (TPSA) is 52.4 Å². The minimum absolute atomic E-state index is 0.0585. The van der Waals surface area contributed by atoms with Gasteiger partial charge in [-0.15, -0.1) is 0 Å². The lowest BCUT2D eigenvalue weighted by Crippen LogP contribution is -1.92. The van der Waals surface area contributed by atoms with Crippen molar-refractivity contribution in [2.24, 2.45) is 0 Å². The van der Waals surface area contributed by atoms with Crippen molar-refractivity contribution in [3.63, 3.8) is 0 Å². The molecule has 0 saturated carbocycles. The van der Waals surface area contributed by atoms with Gasteiger partial charge in [-0.05, 0) is 12.1 Å². The van der Waals surface area contributed by atoms with E-state index >= 15 is 0 Å². The molecule has 0 aromatic heterocycles. The zero-order valence-electron chi connectivity index (χ0n) is 11.4. The van der Waals surface area contributed by atoms with Crippen LogP contribution in [-0.4, -0.2) is 4.92 Å². The SMILES string of the molecule is O=[N+]([O-])c1cc(Cl)c(Oc2ccc(Cl)c3ccccc23)c(Cl)c1. The Hall–Kier alpha value is -2.01. The van der Waals surface area contributed by atoms with E-state index in [0.29, 0.717) is 10.8 Å². The van der Waals surface area contributed by atoms with Crippen LogP contribution in [0, 0.1) is 10.1 Å². The number of nitrogens with zero attached hydrogens (tertiary/aromatic N) is 1. The van der Waals surface area contributed by atoms with E-state index in [2.05, 4.69) is 0 Å². The molecule has 0 bridgehead atoms. The molecule has 116 valence electrons. The third kappa shape index (κ3) is 3.06. The number of hydrogen-bond acceptors (Lipinski definition) is 3. The molecule has 0 N–H and O–H groups in total. The van der Waals surface area contributed by atoms with Gasteiger partial charge in [0.2, 0.25) is 0 Å². The van der Waals surface area contributed by atoms with E-state index in [1.807, 2.05) is 24.3 Å². The molecule has 0 heterocycles. The summed E-state index contributed by atoms with van der Waals surface area (Å²) in [6.07, 6.45) is 0. The zero-order valence-corrected chi connectivity index (χ0v) is 13.7. The molecule has 0 aliphatic rings. The van der Waals surface area contributed by atoms with Gasteiger partial charge in [-0.25, -0.2) is 0 Å². The van der Waals surface area contributed by atoms with Crippen molar-refractivity contribution < 1.29 is 9.66 Å². The van der Waals surface area contributed by atoms with Crippen LogP contribution in [0.3, 0.4) is 0 Å². The highest BCUT2D eigenvalue weighted by molar-refractivity contribution is 6.37. The lowest BCUT2D eigenvalue weighted by atomic mass is 10.1. The summed E-state index contributed by atoms with van der Waals surface area (Å²) in [6.45, 7) is 0. The lowest BCUT2D eigenvalue weighted by molar-refractivity contribution is -0.384. The van der Waals surface area contributed by atoms with Gasteiger partial charge >= 0.3 is 0 Å². The Morgan fingerprint density at radius 2 is 1.48 bits per heavy atom. The average molecular weight is 369 g/mol. The predicted octanol–water partition coefficient (Wildman–Crippen LogP) is 6.50. The maximum absolute atomic E-state index is 10.8. The molecular weight excluding hydrogens is 361 g/mol. The van der Waals surface area contributed by atoms with Crippen LogP contribution in [0.4, 0.5) is 5.69 Å². The second-order valence-electron chi connectivity index (χ2n) is 4.69. The summed E-state index contributed by atoms with van der Waals surface area (Å²) in [5.41, 5.74) is -0.201. The van der Waals surface area contributed by atoms with Gasteiger partial charge in [0, 0.05) is 27.9 Å². The van der Waals surface area contributed by atoms with Gasteiger partial charge in [-0.3, -0.25) is 10.1 Å². The number of rotatable bonds is 3. The average Bonchev–Trinajstić information content (AvgIpc) is 2.53. The van der Waals surface area contributed by atoms with Crippen LogP contribution in [0.2, 0.25) is 15.1 Å². The first-order valence-corrected chi connectivity index (χ1v) is 7.59. The molecule has 0 amide bonds. The van der Waals surface area contributed by atoms with E-state index in [-0.39, 0.29) is 21.5 Å². The summed E-state index contributed by atoms with van der Waals surface area (Å²) in [5.74, 6) is 0.661. The molecule has 0 saturated heterocycles. The van der Waals surface area contributed by atoms with Crippen LogP contribution in [-0.2, 0) is 0 Å². The number of halogens is 3. The highest BCUT2D eigenvalue weighted by Crippen LogP contribution is 2.41. The summed E-state index contributed by atoms with van der Waals surface area (Å²) in [4.78, 5) is 10.2. The van der Waals surface area contributed by atoms with Gasteiger partial charge in [-0.1, -0.05) is 59.1 Å². The van der Waals surface area contributed by atoms with Crippen molar-refractivity contribution >= 4 is 51.3 Å². The van der Waals surface area contributed by atoms with Crippen molar-refractivity contribution in [2.75, 3.05) is 0 Å². The minimum Gasteiger partial charge on any atom is -0.454 e. The third-order valence-corrected chi connectivity index (χ3v) is 4.13. The summed E-state index contributed by atoms with van der Waals surface area (Å²) >= 11 is 18.3. The molecule has 3 aromatic carbocycles. The quantitative estimate of drug-likeness (QED) is 0.391. The van der Waals surface area contributed by atoms with Crippen molar-refractivity contribution in [3.05, 3.63) is 73.7 Å². The van der Waals surface area contributed by atoms with Crippen molar-refractivity contribution in [1.82, 2.24) is 0 Å². The first kappa shape index (κ1) is 15.9. The smallest absolute Gasteiger partial charge is 0.272 e. The number of nitro benzene ring substituents is 1. The summed E-state index contributed by atoms with van der Waals surface area (Å²) in [7, 11) is 0. The maximum atomic E-state index is 10.8. The van der Waals surface area contributed by atoms with E-state index in [0.717, 1.165) is 10.8 Å². The second kappa shape index (κ2) is 6.24. The summed E-state index contributed by atoms with van der Waals surface area (Å²) in [6, 6.07) is 13.2. The molecule has 0 aliphatic heterocycles. The Labute approximate surface area is 146 Å². The summed E-state index contributed by atoms with van der Waals surface area (Å²) < 4.78 is 5.80. The van der Waals surface area contributed by atoms with Crippen molar-refractivity contribution in [2.45, 2.75) is 0 Å². The molecule has 0 atom stereocenters. The lowest BCUT2D eigenvalue weighted by Gasteiger charge is -2.12. The normalized spacial score (nSPS) is 10.7. The number of non-ortho nitro benzene ring substituents is 1. The fourth-order valence-electron chi connectivity index (χ4n) is 2.18. The van der Waals surface area contributed by atoms with E-state index in [1.165, 1.54) is 12.1 Å². The molecule has 0 unspecified atom stereocenters. The molecule has 7 heteroatoms. The zero-order chi connectivity index (χ0) is 16.6. The molecule has 0 radical (unpaired) electrons. The van der Waals surface area contributed by atoms with E-state index in [1.54, 1.807) is 12.1 Å². The van der Waals surface area contributed by atoms with Gasteiger partial charge in [-0.2, -0.15) is 0 Å². The summed E-state index contributed by atoms with van der Waals surface area (Å²) in [5, 5.41) is 13.1. The molecule has 0 spiro atoms. The van der Waals surface area contributed by atoms with Crippen molar-refractivity contribution in [1.29, 1.82) is 0 Å². The first-order chi connectivity index (χ1) is 11.0. The Kier molecular flexibility index (Phi) is 4.31. The molecular formula is C16H8Cl3NO3. The van der Waals surface area contributed by atoms with Crippen LogP contribution in [0.5, 0.6) is 11.5 Å². The van der Waals surface area contributed by atoms with Crippen LogP contribution in [0.25, 0.3) is 10.8 Å². The van der Waals surface area contributed by atoms with Crippen LogP contribution >= 0.6 is 34.8 Å². The Balaban J connectivity index is 2.10. The number of fused-ring (bicyclic) bond motifs is 1. The van der Waals surface area contributed by atoms with Crippen LogP contribution in [0.15, 0.2) is 48.5 Å². The highest BCUT2D eigenvalue weighted by atomic mass is 35.5. The number of benzene rings is 3. The Bertz CT molecular complexity index is 905. The molecule has 0 aliphatic carbocycles. The van der Waals surface area contributed by atoms with Crippen LogP contribution in [0.1, 0.15) is 0 Å². The fourth-order valence-corrected chi connectivity index (χ4v) is 2.96. The molecule has 0 fully saturated rings. The maximum Gasteiger partial charge on any atom is 0.272 e. The number of hydrogen-bond donors (Lipinski definition) is 0. The standard InChI is InChI=1S/C16H8Cl3NO3/c17-12-5-6-15(11-4-2-1-3-10(11)12)23-16-13(18)7-9(20(21)22)8-14(16)19/h1-8H.